The Morgan fingerprint density at radius 1 is 1.14 bits per heavy atom. The van der Waals surface area contributed by atoms with Crippen molar-refractivity contribution in [3.63, 3.8) is 0 Å². The first-order valence-corrected chi connectivity index (χ1v) is 11.1. The molecule has 4 heteroatoms. The molecule has 2 fully saturated rings. The third-order valence-electron chi connectivity index (χ3n) is 8.83. The van der Waals surface area contributed by atoms with Gasteiger partial charge in [-0.2, -0.15) is 0 Å². The molecule has 1 N–H and O–H groups in total. The lowest BCUT2D eigenvalue weighted by Gasteiger charge is -2.57. The molecule has 154 valence electrons. The highest BCUT2D eigenvalue weighted by Crippen LogP contribution is 2.66. The van der Waals surface area contributed by atoms with Gasteiger partial charge in [-0.1, -0.05) is 25.5 Å². The monoisotopic (exact) mass is 392 g/mol. The zero-order valence-corrected chi connectivity index (χ0v) is 17.8. The molecule has 5 rings (SSSR count). The number of amides is 1. The zero-order chi connectivity index (χ0) is 20.2. The number of hydrogen-bond donors (Lipinski definition) is 1. The molecule has 1 aliphatic heterocycles. The second kappa shape index (κ2) is 6.72. The minimum absolute atomic E-state index is 0.109. The SMILES string of the molecule is COc1cncc(C2=CC[C@H]3[C@@H]4CCC5=CC(=O)NCC[C@]5(C)C4CC[C@]23C)c1. The summed E-state index contributed by atoms with van der Waals surface area (Å²) in [5.41, 5.74) is 4.48. The summed E-state index contributed by atoms with van der Waals surface area (Å²) in [5.74, 6) is 3.05. The van der Waals surface area contributed by atoms with Gasteiger partial charge in [0.1, 0.15) is 5.75 Å². The van der Waals surface area contributed by atoms with Gasteiger partial charge in [0, 0.05) is 18.8 Å². The van der Waals surface area contributed by atoms with Gasteiger partial charge in [0.25, 0.3) is 0 Å². The van der Waals surface area contributed by atoms with Crippen molar-refractivity contribution in [1.29, 1.82) is 0 Å². The molecule has 1 aromatic rings. The van der Waals surface area contributed by atoms with Crippen LogP contribution in [-0.4, -0.2) is 24.5 Å². The predicted octanol–water partition coefficient (Wildman–Crippen LogP) is 4.77. The first-order valence-electron chi connectivity index (χ1n) is 11.1. The van der Waals surface area contributed by atoms with Crippen LogP contribution in [0, 0.1) is 28.6 Å². The number of carbonyl (C=O) groups is 1. The summed E-state index contributed by atoms with van der Waals surface area (Å²) in [4.78, 5) is 16.5. The lowest BCUT2D eigenvalue weighted by Crippen LogP contribution is -2.49. The first kappa shape index (κ1) is 18.9. The number of hydrogen-bond acceptors (Lipinski definition) is 3. The number of allylic oxidation sites excluding steroid dienone is 3. The molecule has 0 radical (unpaired) electrons. The van der Waals surface area contributed by atoms with E-state index < -0.39 is 0 Å². The van der Waals surface area contributed by atoms with E-state index in [-0.39, 0.29) is 16.7 Å². The number of nitrogens with zero attached hydrogens (tertiary/aromatic N) is 1. The molecule has 2 saturated carbocycles. The van der Waals surface area contributed by atoms with Gasteiger partial charge in [0.2, 0.25) is 5.91 Å². The molecule has 2 heterocycles. The van der Waals surface area contributed by atoms with Crippen molar-refractivity contribution in [2.75, 3.05) is 13.7 Å². The first-order chi connectivity index (χ1) is 14.0. The molecular formula is C25H32N2O2. The van der Waals surface area contributed by atoms with Gasteiger partial charge >= 0.3 is 0 Å². The Morgan fingerprint density at radius 3 is 2.83 bits per heavy atom. The Balaban J connectivity index is 1.46. The Morgan fingerprint density at radius 2 is 2.00 bits per heavy atom. The van der Waals surface area contributed by atoms with Crippen molar-refractivity contribution < 1.29 is 9.53 Å². The maximum atomic E-state index is 12.1. The third kappa shape index (κ3) is 2.78. The minimum Gasteiger partial charge on any atom is -0.495 e. The fraction of sp³-hybridized carbons (Fsp3) is 0.600. The van der Waals surface area contributed by atoms with Gasteiger partial charge in [-0.05, 0) is 84.3 Å². The summed E-state index contributed by atoms with van der Waals surface area (Å²) in [5, 5.41) is 3.07. The highest BCUT2D eigenvalue weighted by Gasteiger charge is 2.56. The highest BCUT2D eigenvalue weighted by molar-refractivity contribution is 5.88. The van der Waals surface area contributed by atoms with Crippen LogP contribution in [0.15, 0.2) is 36.2 Å². The lowest BCUT2D eigenvalue weighted by atomic mass is 9.47. The molecule has 0 aromatic carbocycles. The molecule has 3 aliphatic carbocycles. The number of pyridine rings is 1. The van der Waals surface area contributed by atoms with Crippen LogP contribution < -0.4 is 10.1 Å². The van der Waals surface area contributed by atoms with Crippen LogP contribution in [0.4, 0.5) is 0 Å². The van der Waals surface area contributed by atoms with Gasteiger partial charge in [0.05, 0.1) is 13.3 Å². The molecule has 5 atom stereocenters. The topological polar surface area (TPSA) is 51.2 Å². The standard InChI is InChI=1S/C25H32N2O2/c1-24-10-11-27-23(28)13-17(24)4-5-19-21-7-6-20(25(21,2)9-8-22(19)24)16-12-18(29-3)15-26-14-16/h6,12-15,19,21-22H,4-5,7-11H2,1-3H3,(H,27,28)/t19-,21-,22?,24-,25+/m0/s1. The predicted molar refractivity (Wildman–Crippen MR) is 114 cm³/mol. The molecule has 4 nitrogen and oxygen atoms in total. The van der Waals surface area contributed by atoms with Crippen molar-refractivity contribution in [1.82, 2.24) is 10.3 Å². The molecule has 1 unspecified atom stereocenters. The van der Waals surface area contributed by atoms with Gasteiger partial charge < -0.3 is 10.1 Å². The van der Waals surface area contributed by atoms with E-state index in [1.807, 2.05) is 12.3 Å². The number of aromatic nitrogens is 1. The number of carbonyl (C=O) groups excluding carboxylic acids is 1. The van der Waals surface area contributed by atoms with Crippen molar-refractivity contribution in [3.8, 4) is 5.75 Å². The number of ether oxygens (including phenoxy) is 1. The highest BCUT2D eigenvalue weighted by atomic mass is 16.5. The Labute approximate surface area is 173 Å². The second-order valence-electron chi connectivity index (χ2n) is 9.97. The summed E-state index contributed by atoms with van der Waals surface area (Å²) in [6, 6.07) is 2.14. The third-order valence-corrected chi connectivity index (χ3v) is 8.83. The van der Waals surface area contributed by atoms with Crippen LogP contribution in [0.25, 0.3) is 5.57 Å². The average Bonchev–Trinajstić information content (AvgIpc) is 2.99. The van der Waals surface area contributed by atoms with Crippen LogP contribution in [0.3, 0.4) is 0 Å². The van der Waals surface area contributed by atoms with Crippen molar-refractivity contribution in [2.24, 2.45) is 28.6 Å². The van der Waals surface area contributed by atoms with Crippen molar-refractivity contribution in [2.45, 2.75) is 52.4 Å². The lowest BCUT2D eigenvalue weighted by molar-refractivity contribution is -0.116. The Bertz CT molecular complexity index is 904. The van der Waals surface area contributed by atoms with Gasteiger partial charge in [0.15, 0.2) is 0 Å². The van der Waals surface area contributed by atoms with Crippen LogP contribution in [0.1, 0.15) is 57.9 Å². The van der Waals surface area contributed by atoms with Gasteiger partial charge in [-0.15, -0.1) is 0 Å². The maximum Gasteiger partial charge on any atom is 0.243 e. The zero-order valence-electron chi connectivity index (χ0n) is 17.8. The smallest absolute Gasteiger partial charge is 0.243 e. The summed E-state index contributed by atoms with van der Waals surface area (Å²) in [6.07, 6.45) is 15.2. The molecule has 0 bridgehead atoms. The van der Waals surface area contributed by atoms with Gasteiger partial charge in [-0.25, -0.2) is 0 Å². The van der Waals surface area contributed by atoms with E-state index in [0.29, 0.717) is 11.8 Å². The molecule has 0 saturated heterocycles. The number of rotatable bonds is 2. The van der Waals surface area contributed by atoms with E-state index in [1.54, 1.807) is 13.3 Å². The summed E-state index contributed by atoms with van der Waals surface area (Å²) < 4.78 is 5.43. The summed E-state index contributed by atoms with van der Waals surface area (Å²) in [7, 11) is 1.71. The normalized spacial score (nSPS) is 38.6. The van der Waals surface area contributed by atoms with Crippen LogP contribution in [0.5, 0.6) is 5.75 Å². The minimum atomic E-state index is 0.109. The number of fused-ring (bicyclic) bond motifs is 5. The maximum absolute atomic E-state index is 12.1. The molecule has 1 aromatic heterocycles. The van der Waals surface area contributed by atoms with Crippen molar-refractivity contribution in [3.05, 3.63) is 41.7 Å². The number of nitrogens with one attached hydrogen (secondary N) is 1. The largest absolute Gasteiger partial charge is 0.495 e. The van der Waals surface area contributed by atoms with Crippen LogP contribution in [-0.2, 0) is 4.79 Å². The van der Waals surface area contributed by atoms with E-state index in [4.69, 9.17) is 4.74 Å². The molecule has 0 spiro atoms. The fourth-order valence-corrected chi connectivity index (χ4v) is 7.26. The van der Waals surface area contributed by atoms with E-state index in [0.717, 1.165) is 37.5 Å². The molecule has 1 amide bonds. The van der Waals surface area contributed by atoms with Crippen molar-refractivity contribution >= 4 is 11.5 Å². The second-order valence-corrected chi connectivity index (χ2v) is 9.97. The average molecular weight is 393 g/mol. The van der Waals surface area contributed by atoms with E-state index in [9.17, 15) is 4.79 Å². The summed E-state index contributed by atoms with van der Waals surface area (Å²) in [6.45, 7) is 5.73. The Hall–Kier alpha value is -2.10. The molecule has 4 aliphatic rings. The fourth-order valence-electron chi connectivity index (χ4n) is 7.26. The Kier molecular flexibility index (Phi) is 4.38. The summed E-state index contributed by atoms with van der Waals surface area (Å²) >= 11 is 0. The molecular weight excluding hydrogens is 360 g/mol. The van der Waals surface area contributed by atoms with E-state index >= 15 is 0 Å². The quantitative estimate of drug-likeness (QED) is 0.788. The van der Waals surface area contributed by atoms with Gasteiger partial charge in [-0.3, -0.25) is 9.78 Å². The van der Waals surface area contributed by atoms with Crippen LogP contribution >= 0.6 is 0 Å². The number of methoxy groups -OCH3 is 1. The molecule has 29 heavy (non-hydrogen) atoms. The van der Waals surface area contributed by atoms with E-state index in [1.165, 1.54) is 36.0 Å². The van der Waals surface area contributed by atoms with E-state index in [2.05, 4.69) is 36.3 Å². The van der Waals surface area contributed by atoms with Crippen LogP contribution in [0.2, 0.25) is 0 Å².